The third kappa shape index (κ3) is 4.05. The molecule has 0 aliphatic carbocycles. The smallest absolute Gasteiger partial charge is 0.0812 e. The summed E-state index contributed by atoms with van der Waals surface area (Å²) in [7, 11) is 0. The van der Waals surface area contributed by atoms with E-state index in [-0.39, 0.29) is 0 Å². The van der Waals surface area contributed by atoms with Gasteiger partial charge in [0.2, 0.25) is 0 Å². The van der Waals surface area contributed by atoms with Crippen LogP contribution in [0.2, 0.25) is 0 Å². The van der Waals surface area contributed by atoms with Crippen LogP contribution in [0, 0.1) is 11.8 Å². The molecule has 0 spiro atoms. The number of fused-ring (bicyclic) bond motifs is 1. The van der Waals surface area contributed by atoms with Crippen molar-refractivity contribution in [3.8, 4) is 0 Å². The van der Waals surface area contributed by atoms with Crippen LogP contribution in [0.5, 0.6) is 0 Å². The van der Waals surface area contributed by atoms with E-state index in [1.807, 2.05) is 0 Å². The molecule has 3 heteroatoms. The summed E-state index contributed by atoms with van der Waals surface area (Å²) in [5.41, 5.74) is 1.47. The van der Waals surface area contributed by atoms with E-state index in [0.29, 0.717) is 30.1 Å². The Morgan fingerprint density at radius 1 is 0.720 bits per heavy atom. The molecule has 0 aromatic heterocycles. The van der Waals surface area contributed by atoms with E-state index < -0.39 is 0 Å². The van der Waals surface area contributed by atoms with Gasteiger partial charge >= 0.3 is 0 Å². The van der Waals surface area contributed by atoms with Crippen molar-refractivity contribution in [2.45, 2.75) is 44.0 Å². The molecule has 0 bridgehead atoms. The molecule has 25 heavy (non-hydrogen) atoms. The first-order valence-electron chi connectivity index (χ1n) is 9.66. The molecule has 132 valence electrons. The van der Waals surface area contributed by atoms with E-state index >= 15 is 0 Å². The van der Waals surface area contributed by atoms with Crippen LogP contribution in [0.3, 0.4) is 0 Å². The molecule has 2 aromatic carbocycles. The Bertz CT molecular complexity index is 712. The number of epoxide rings is 3. The summed E-state index contributed by atoms with van der Waals surface area (Å²) in [5, 5.41) is 2.74. The Kier molecular flexibility index (Phi) is 4.24. The molecular weight excluding hydrogens is 312 g/mol. The van der Waals surface area contributed by atoms with Gasteiger partial charge in [-0.05, 0) is 53.9 Å². The maximum atomic E-state index is 5.59. The SMILES string of the molecule is c1ccc2c(CC(CC3CO3)C(CC3CO3)CC3CO3)cccc2c1. The van der Waals surface area contributed by atoms with Crippen LogP contribution in [-0.2, 0) is 20.6 Å². The number of ether oxygens (including phenoxy) is 3. The lowest BCUT2D eigenvalue weighted by Gasteiger charge is -2.27. The lowest BCUT2D eigenvalue weighted by atomic mass is 9.78. The van der Waals surface area contributed by atoms with Gasteiger partial charge in [-0.3, -0.25) is 0 Å². The molecule has 3 nitrogen and oxygen atoms in total. The fraction of sp³-hybridized carbons (Fsp3) is 0.545. The Morgan fingerprint density at radius 3 is 1.92 bits per heavy atom. The molecule has 3 heterocycles. The van der Waals surface area contributed by atoms with Gasteiger partial charge in [0.1, 0.15) is 0 Å². The lowest BCUT2D eigenvalue weighted by Crippen LogP contribution is -2.23. The van der Waals surface area contributed by atoms with Crippen molar-refractivity contribution >= 4 is 10.8 Å². The molecule has 4 unspecified atom stereocenters. The number of rotatable bonds is 9. The second kappa shape index (κ2) is 6.71. The van der Waals surface area contributed by atoms with Gasteiger partial charge in [-0.2, -0.15) is 0 Å². The molecule has 3 aliphatic heterocycles. The van der Waals surface area contributed by atoms with Gasteiger partial charge in [0.15, 0.2) is 0 Å². The third-order valence-electron chi connectivity index (χ3n) is 5.93. The summed E-state index contributed by atoms with van der Waals surface area (Å²) in [4.78, 5) is 0. The largest absolute Gasteiger partial charge is 0.373 e. The van der Waals surface area contributed by atoms with E-state index in [2.05, 4.69) is 42.5 Å². The minimum absolute atomic E-state index is 0.475. The molecule has 0 N–H and O–H groups in total. The quantitative estimate of drug-likeness (QED) is 0.649. The van der Waals surface area contributed by atoms with Gasteiger partial charge in [0.25, 0.3) is 0 Å². The van der Waals surface area contributed by atoms with Gasteiger partial charge in [0.05, 0.1) is 38.1 Å². The van der Waals surface area contributed by atoms with Gasteiger partial charge in [-0.15, -0.1) is 0 Å². The Balaban J connectivity index is 1.40. The molecule has 0 amide bonds. The third-order valence-corrected chi connectivity index (χ3v) is 5.93. The van der Waals surface area contributed by atoms with Crippen LogP contribution in [0.15, 0.2) is 42.5 Å². The molecule has 5 rings (SSSR count). The highest BCUT2D eigenvalue weighted by Gasteiger charge is 2.38. The summed E-state index contributed by atoms with van der Waals surface area (Å²) >= 11 is 0. The van der Waals surface area contributed by atoms with Crippen molar-refractivity contribution < 1.29 is 14.2 Å². The van der Waals surface area contributed by atoms with Gasteiger partial charge < -0.3 is 14.2 Å². The first kappa shape index (κ1) is 15.8. The van der Waals surface area contributed by atoms with E-state index in [9.17, 15) is 0 Å². The Morgan fingerprint density at radius 2 is 1.28 bits per heavy atom. The van der Waals surface area contributed by atoms with Crippen molar-refractivity contribution in [3.63, 3.8) is 0 Å². The van der Waals surface area contributed by atoms with Crippen LogP contribution < -0.4 is 0 Å². The molecule has 0 saturated carbocycles. The average molecular weight is 338 g/mol. The minimum Gasteiger partial charge on any atom is -0.373 e. The van der Waals surface area contributed by atoms with Gasteiger partial charge in [-0.25, -0.2) is 0 Å². The predicted molar refractivity (Wildman–Crippen MR) is 97.7 cm³/mol. The molecule has 4 atom stereocenters. The summed E-state index contributed by atoms with van der Waals surface area (Å²) in [6.45, 7) is 2.84. The van der Waals surface area contributed by atoms with Crippen LogP contribution >= 0.6 is 0 Å². The number of hydrogen-bond donors (Lipinski definition) is 0. The standard InChI is InChI=1S/C22H26O3/c1-2-7-22-15(4-1)5-3-6-16(22)8-17(9-19-12-23-19)18(10-20-13-24-20)11-21-14-25-21/h1-7,17-21H,8-14H2. The van der Waals surface area contributed by atoms with Crippen LogP contribution in [-0.4, -0.2) is 38.1 Å². The van der Waals surface area contributed by atoms with E-state index in [0.717, 1.165) is 26.2 Å². The van der Waals surface area contributed by atoms with Crippen molar-refractivity contribution in [2.24, 2.45) is 11.8 Å². The highest BCUT2D eigenvalue weighted by Crippen LogP contribution is 2.38. The zero-order chi connectivity index (χ0) is 16.6. The highest BCUT2D eigenvalue weighted by molar-refractivity contribution is 5.85. The van der Waals surface area contributed by atoms with Crippen molar-refractivity contribution in [2.75, 3.05) is 19.8 Å². The topological polar surface area (TPSA) is 37.6 Å². The highest BCUT2D eigenvalue weighted by atomic mass is 16.6. The molecule has 2 aromatic rings. The summed E-state index contributed by atoms with van der Waals surface area (Å²) < 4.78 is 16.7. The molecule has 3 saturated heterocycles. The Hall–Kier alpha value is -1.42. The van der Waals surface area contributed by atoms with E-state index in [4.69, 9.17) is 14.2 Å². The first-order chi connectivity index (χ1) is 12.3. The molecule has 0 radical (unpaired) electrons. The van der Waals surface area contributed by atoms with Crippen molar-refractivity contribution in [1.29, 1.82) is 0 Å². The van der Waals surface area contributed by atoms with Crippen molar-refractivity contribution in [1.82, 2.24) is 0 Å². The fourth-order valence-corrected chi connectivity index (χ4v) is 4.30. The summed E-state index contributed by atoms with van der Waals surface area (Å²) in [5.74, 6) is 1.31. The monoisotopic (exact) mass is 338 g/mol. The zero-order valence-corrected chi connectivity index (χ0v) is 14.6. The summed E-state index contributed by atoms with van der Waals surface area (Å²) in [6, 6.07) is 15.5. The molecular formula is C22H26O3. The van der Waals surface area contributed by atoms with Gasteiger partial charge in [0, 0.05) is 0 Å². The normalized spacial score (nSPS) is 29.4. The Labute approximate surface area is 149 Å². The maximum absolute atomic E-state index is 5.59. The lowest BCUT2D eigenvalue weighted by molar-refractivity contribution is 0.211. The maximum Gasteiger partial charge on any atom is 0.0812 e. The average Bonchev–Trinajstić information content (AvgIpc) is 3.45. The zero-order valence-electron chi connectivity index (χ0n) is 14.6. The van der Waals surface area contributed by atoms with Crippen LogP contribution in [0.1, 0.15) is 24.8 Å². The minimum atomic E-state index is 0.475. The second-order valence-electron chi connectivity index (χ2n) is 7.94. The predicted octanol–water partition coefficient (Wildman–Crippen LogP) is 3.98. The first-order valence-corrected chi connectivity index (χ1v) is 9.66. The fourth-order valence-electron chi connectivity index (χ4n) is 4.30. The molecule has 3 fully saturated rings. The molecule has 3 aliphatic rings. The second-order valence-corrected chi connectivity index (χ2v) is 7.94. The van der Waals surface area contributed by atoms with Gasteiger partial charge in [-0.1, -0.05) is 42.5 Å². The van der Waals surface area contributed by atoms with Crippen molar-refractivity contribution in [3.05, 3.63) is 48.0 Å². The summed E-state index contributed by atoms with van der Waals surface area (Å²) in [6.07, 6.45) is 6.11. The number of benzene rings is 2. The number of hydrogen-bond acceptors (Lipinski definition) is 3. The van der Waals surface area contributed by atoms with Crippen LogP contribution in [0.4, 0.5) is 0 Å². The van der Waals surface area contributed by atoms with Crippen LogP contribution in [0.25, 0.3) is 10.8 Å². The van der Waals surface area contributed by atoms with E-state index in [1.165, 1.54) is 35.6 Å². The van der Waals surface area contributed by atoms with E-state index in [1.54, 1.807) is 0 Å².